The highest BCUT2D eigenvalue weighted by Crippen LogP contribution is 2.22. The van der Waals surface area contributed by atoms with Gasteiger partial charge in [-0.15, -0.1) is 0 Å². The van der Waals surface area contributed by atoms with E-state index in [9.17, 15) is 14.4 Å². The standard InChI is InChI=1S/C21H16ClN3O5/c1-2-29-21(28)24-14-4-5-15-12(7-19(26)30-18(15)9-14)10-25-11-23-17-6-3-13(22)8-16(17)20(25)27/h3-9,11H,2,10H2,1H3,(H,24,28). The minimum atomic E-state index is -0.609. The zero-order valence-electron chi connectivity index (χ0n) is 15.8. The first-order valence-electron chi connectivity index (χ1n) is 9.10. The van der Waals surface area contributed by atoms with Gasteiger partial charge >= 0.3 is 11.7 Å². The van der Waals surface area contributed by atoms with Gasteiger partial charge in [0.2, 0.25) is 0 Å². The number of anilines is 1. The lowest BCUT2D eigenvalue weighted by atomic mass is 10.1. The van der Waals surface area contributed by atoms with Gasteiger partial charge in [-0.1, -0.05) is 11.6 Å². The SMILES string of the molecule is CCOC(=O)Nc1ccc2c(Cn3cnc4ccc(Cl)cc4c3=O)cc(=O)oc2c1. The summed E-state index contributed by atoms with van der Waals surface area (Å²) in [7, 11) is 0. The summed E-state index contributed by atoms with van der Waals surface area (Å²) in [5.74, 6) is 0. The number of rotatable bonds is 4. The van der Waals surface area contributed by atoms with Crippen LogP contribution in [0.15, 0.2) is 62.8 Å². The van der Waals surface area contributed by atoms with E-state index in [0.29, 0.717) is 32.6 Å². The molecule has 0 unspecified atom stereocenters. The molecule has 0 atom stereocenters. The minimum absolute atomic E-state index is 0.112. The second-order valence-electron chi connectivity index (χ2n) is 6.49. The second-order valence-corrected chi connectivity index (χ2v) is 6.92. The van der Waals surface area contributed by atoms with E-state index in [4.69, 9.17) is 20.8 Å². The number of halogens is 1. The maximum Gasteiger partial charge on any atom is 0.411 e. The molecule has 9 heteroatoms. The average Bonchev–Trinajstić information content (AvgIpc) is 2.70. The average molecular weight is 426 g/mol. The molecule has 0 bridgehead atoms. The third-order valence-corrected chi connectivity index (χ3v) is 4.71. The molecule has 0 fully saturated rings. The van der Waals surface area contributed by atoms with Gasteiger partial charge in [0, 0.05) is 28.2 Å². The first-order chi connectivity index (χ1) is 14.4. The van der Waals surface area contributed by atoms with E-state index >= 15 is 0 Å². The molecule has 4 rings (SSSR count). The van der Waals surface area contributed by atoms with Gasteiger partial charge in [-0.25, -0.2) is 14.6 Å². The number of ether oxygens (including phenoxy) is 1. The van der Waals surface area contributed by atoms with Gasteiger partial charge in [0.1, 0.15) is 5.58 Å². The van der Waals surface area contributed by atoms with Gasteiger partial charge in [-0.2, -0.15) is 0 Å². The van der Waals surface area contributed by atoms with Gasteiger partial charge in [-0.05, 0) is 42.8 Å². The van der Waals surface area contributed by atoms with Crippen LogP contribution < -0.4 is 16.5 Å². The highest BCUT2D eigenvalue weighted by molar-refractivity contribution is 6.31. The van der Waals surface area contributed by atoms with Crippen molar-refractivity contribution in [2.45, 2.75) is 13.5 Å². The highest BCUT2D eigenvalue weighted by Gasteiger charge is 2.11. The summed E-state index contributed by atoms with van der Waals surface area (Å²) >= 11 is 6.00. The van der Waals surface area contributed by atoms with Crippen molar-refractivity contribution in [3.05, 3.63) is 80.2 Å². The van der Waals surface area contributed by atoms with Crippen LogP contribution >= 0.6 is 11.6 Å². The molecule has 0 aliphatic heterocycles. The first-order valence-corrected chi connectivity index (χ1v) is 9.47. The number of nitrogens with one attached hydrogen (secondary N) is 1. The second kappa shape index (κ2) is 8.00. The summed E-state index contributed by atoms with van der Waals surface area (Å²) in [6, 6.07) is 11.1. The van der Waals surface area contributed by atoms with Crippen molar-refractivity contribution < 1.29 is 13.9 Å². The molecule has 1 N–H and O–H groups in total. The van der Waals surface area contributed by atoms with E-state index < -0.39 is 11.7 Å². The fourth-order valence-electron chi connectivity index (χ4n) is 3.15. The Kier molecular flexibility index (Phi) is 5.24. The molecule has 1 amide bonds. The Hall–Kier alpha value is -3.65. The minimum Gasteiger partial charge on any atom is -0.450 e. The lowest BCUT2D eigenvalue weighted by Crippen LogP contribution is -2.21. The van der Waals surface area contributed by atoms with E-state index in [1.165, 1.54) is 23.0 Å². The number of amides is 1. The van der Waals surface area contributed by atoms with Gasteiger partial charge in [0.05, 0.1) is 30.4 Å². The van der Waals surface area contributed by atoms with E-state index in [1.54, 1.807) is 37.3 Å². The normalized spacial score (nSPS) is 11.0. The third kappa shape index (κ3) is 3.90. The smallest absolute Gasteiger partial charge is 0.411 e. The van der Waals surface area contributed by atoms with Crippen LogP contribution in [0.1, 0.15) is 12.5 Å². The summed E-state index contributed by atoms with van der Waals surface area (Å²) in [5, 5.41) is 4.01. The molecule has 0 aliphatic rings. The van der Waals surface area contributed by atoms with Crippen molar-refractivity contribution in [3.63, 3.8) is 0 Å². The van der Waals surface area contributed by atoms with E-state index in [0.717, 1.165) is 0 Å². The summed E-state index contributed by atoms with van der Waals surface area (Å²) in [6.45, 7) is 2.04. The summed E-state index contributed by atoms with van der Waals surface area (Å²) in [4.78, 5) is 40.8. The van der Waals surface area contributed by atoms with Crippen LogP contribution in [0, 0.1) is 0 Å². The lowest BCUT2D eigenvalue weighted by molar-refractivity contribution is 0.168. The van der Waals surface area contributed by atoms with Crippen LogP contribution in [-0.4, -0.2) is 22.3 Å². The van der Waals surface area contributed by atoms with Crippen molar-refractivity contribution in [1.29, 1.82) is 0 Å². The Balaban J connectivity index is 1.75. The zero-order valence-corrected chi connectivity index (χ0v) is 16.6. The van der Waals surface area contributed by atoms with Crippen LogP contribution in [0.5, 0.6) is 0 Å². The van der Waals surface area contributed by atoms with Crippen LogP contribution in [-0.2, 0) is 11.3 Å². The fourth-order valence-corrected chi connectivity index (χ4v) is 3.32. The maximum atomic E-state index is 12.8. The van der Waals surface area contributed by atoms with E-state index in [-0.39, 0.29) is 24.3 Å². The Labute approximate surface area is 174 Å². The van der Waals surface area contributed by atoms with Crippen LogP contribution in [0.4, 0.5) is 10.5 Å². The third-order valence-electron chi connectivity index (χ3n) is 4.48. The predicted octanol–water partition coefficient (Wildman–Crippen LogP) is 3.77. The Morgan fingerprint density at radius 3 is 2.80 bits per heavy atom. The molecular formula is C21H16ClN3O5. The van der Waals surface area contributed by atoms with Gasteiger partial charge in [-0.3, -0.25) is 14.7 Å². The maximum absolute atomic E-state index is 12.8. The Morgan fingerprint density at radius 1 is 1.17 bits per heavy atom. The van der Waals surface area contributed by atoms with Crippen LogP contribution in [0.25, 0.3) is 21.9 Å². The molecule has 2 aromatic heterocycles. The fraction of sp³-hybridized carbons (Fsp3) is 0.143. The van der Waals surface area contributed by atoms with Gasteiger partial charge in [0.25, 0.3) is 5.56 Å². The number of fused-ring (bicyclic) bond motifs is 2. The number of nitrogens with zero attached hydrogens (tertiary/aromatic N) is 2. The topological polar surface area (TPSA) is 103 Å². The number of benzene rings is 2. The molecule has 2 aromatic carbocycles. The summed E-state index contributed by atoms with van der Waals surface area (Å²) in [5.41, 5.74) is 0.958. The first kappa shape index (κ1) is 19.7. The molecule has 4 aromatic rings. The molecular weight excluding hydrogens is 410 g/mol. The zero-order chi connectivity index (χ0) is 21.3. The van der Waals surface area contributed by atoms with Crippen LogP contribution in [0.2, 0.25) is 5.02 Å². The van der Waals surface area contributed by atoms with Crippen molar-refractivity contribution in [2.75, 3.05) is 11.9 Å². The van der Waals surface area contributed by atoms with Crippen LogP contribution in [0.3, 0.4) is 0 Å². The summed E-state index contributed by atoms with van der Waals surface area (Å²) < 4.78 is 11.5. The molecule has 2 heterocycles. The molecule has 8 nitrogen and oxygen atoms in total. The highest BCUT2D eigenvalue weighted by atomic mass is 35.5. The molecule has 30 heavy (non-hydrogen) atoms. The number of hydrogen-bond donors (Lipinski definition) is 1. The molecule has 0 saturated carbocycles. The van der Waals surface area contributed by atoms with E-state index in [2.05, 4.69) is 10.3 Å². The van der Waals surface area contributed by atoms with Crippen molar-refractivity contribution in [1.82, 2.24) is 9.55 Å². The monoisotopic (exact) mass is 425 g/mol. The largest absolute Gasteiger partial charge is 0.450 e. The molecule has 0 spiro atoms. The summed E-state index contributed by atoms with van der Waals surface area (Å²) in [6.07, 6.45) is 0.818. The quantitative estimate of drug-likeness (QED) is 0.499. The predicted molar refractivity (Wildman–Crippen MR) is 113 cm³/mol. The Bertz CT molecular complexity index is 1390. The molecule has 0 radical (unpaired) electrons. The van der Waals surface area contributed by atoms with Gasteiger partial charge < -0.3 is 9.15 Å². The van der Waals surface area contributed by atoms with Crippen molar-refractivity contribution >= 4 is 45.3 Å². The van der Waals surface area contributed by atoms with Gasteiger partial charge in [0.15, 0.2) is 0 Å². The van der Waals surface area contributed by atoms with Crippen molar-refractivity contribution in [3.8, 4) is 0 Å². The molecule has 0 aliphatic carbocycles. The number of aromatic nitrogens is 2. The number of carbonyl (C=O) groups is 1. The Morgan fingerprint density at radius 2 is 2.00 bits per heavy atom. The lowest BCUT2D eigenvalue weighted by Gasteiger charge is -2.10. The number of carbonyl (C=O) groups excluding carboxylic acids is 1. The van der Waals surface area contributed by atoms with E-state index in [1.807, 2.05) is 0 Å². The molecule has 152 valence electrons. The van der Waals surface area contributed by atoms with Crippen molar-refractivity contribution in [2.24, 2.45) is 0 Å². The molecule has 0 saturated heterocycles. The number of hydrogen-bond acceptors (Lipinski definition) is 6.